The number of hydrogen-bond acceptors (Lipinski definition) is 5. The van der Waals surface area contributed by atoms with E-state index in [1.165, 1.54) is 19.8 Å². The summed E-state index contributed by atoms with van der Waals surface area (Å²) in [6, 6.07) is 0.529. The zero-order valence-corrected chi connectivity index (χ0v) is 12.7. The summed E-state index contributed by atoms with van der Waals surface area (Å²) in [5.74, 6) is -0.715. The molecule has 0 aromatic heterocycles. The molecular formula is C15H27NO4. The van der Waals surface area contributed by atoms with Crippen LogP contribution in [0.25, 0.3) is 0 Å². The lowest BCUT2D eigenvalue weighted by Crippen LogP contribution is -2.53. The first-order chi connectivity index (χ1) is 9.37. The molecule has 2 rings (SSSR count). The summed E-state index contributed by atoms with van der Waals surface area (Å²) < 4.78 is 5.35. The number of hydrogen-bond donors (Lipinski definition) is 2. The van der Waals surface area contributed by atoms with Gasteiger partial charge in [0.15, 0.2) is 5.60 Å². The predicted molar refractivity (Wildman–Crippen MR) is 75.1 cm³/mol. The van der Waals surface area contributed by atoms with Crippen molar-refractivity contribution in [3.8, 4) is 0 Å². The summed E-state index contributed by atoms with van der Waals surface area (Å²) >= 11 is 0. The van der Waals surface area contributed by atoms with Crippen molar-refractivity contribution < 1.29 is 19.7 Å². The van der Waals surface area contributed by atoms with Gasteiger partial charge in [-0.25, -0.2) is 4.79 Å². The summed E-state index contributed by atoms with van der Waals surface area (Å²) in [6.07, 6.45) is 2.31. The summed E-state index contributed by atoms with van der Waals surface area (Å²) in [4.78, 5) is 14.6. The van der Waals surface area contributed by atoms with E-state index in [1.807, 2.05) is 0 Å². The number of ether oxygens (including phenoxy) is 1. The zero-order chi connectivity index (χ0) is 14.9. The van der Waals surface area contributed by atoms with Crippen LogP contribution in [0, 0.1) is 11.8 Å². The van der Waals surface area contributed by atoms with Crippen LogP contribution in [0.5, 0.6) is 0 Å². The highest BCUT2D eigenvalue weighted by molar-refractivity contribution is 5.80. The highest BCUT2D eigenvalue weighted by Crippen LogP contribution is 2.33. The van der Waals surface area contributed by atoms with Gasteiger partial charge in [-0.2, -0.15) is 0 Å². The van der Waals surface area contributed by atoms with Gasteiger partial charge < -0.3 is 14.9 Å². The minimum absolute atomic E-state index is 0.349. The van der Waals surface area contributed by atoms with Crippen LogP contribution in [0.1, 0.15) is 40.0 Å². The van der Waals surface area contributed by atoms with Crippen molar-refractivity contribution in [3.63, 3.8) is 0 Å². The molecule has 0 aromatic carbocycles. The Morgan fingerprint density at radius 2 is 2.05 bits per heavy atom. The van der Waals surface area contributed by atoms with Crippen LogP contribution in [-0.2, 0) is 9.53 Å². The Balaban J connectivity index is 1.91. The lowest BCUT2D eigenvalue weighted by atomic mass is 9.85. The van der Waals surface area contributed by atoms with Crippen molar-refractivity contribution in [1.29, 1.82) is 0 Å². The predicted octanol–water partition coefficient (Wildman–Crippen LogP) is 0.782. The molecule has 2 heterocycles. The van der Waals surface area contributed by atoms with Crippen molar-refractivity contribution in [2.24, 2.45) is 11.8 Å². The molecule has 0 saturated carbocycles. The van der Waals surface area contributed by atoms with E-state index in [0.29, 0.717) is 18.6 Å². The molecule has 5 nitrogen and oxygen atoms in total. The molecule has 0 bridgehead atoms. The van der Waals surface area contributed by atoms with E-state index in [0.717, 1.165) is 19.5 Å². The highest BCUT2D eigenvalue weighted by atomic mass is 16.6. The van der Waals surface area contributed by atoms with Gasteiger partial charge in [0.2, 0.25) is 0 Å². The second kappa shape index (κ2) is 6.00. The number of nitrogens with zero attached hydrogens (tertiary/aromatic N) is 1. The topological polar surface area (TPSA) is 70.0 Å². The maximum atomic E-state index is 12.2. The molecule has 0 unspecified atom stereocenters. The van der Waals surface area contributed by atoms with Crippen LogP contribution in [0.15, 0.2) is 0 Å². The van der Waals surface area contributed by atoms with Gasteiger partial charge in [-0.05, 0) is 45.2 Å². The molecule has 4 atom stereocenters. The van der Waals surface area contributed by atoms with Crippen LogP contribution in [0.3, 0.4) is 0 Å². The third kappa shape index (κ3) is 2.71. The van der Waals surface area contributed by atoms with Crippen molar-refractivity contribution in [2.75, 3.05) is 19.7 Å². The van der Waals surface area contributed by atoms with E-state index < -0.39 is 17.7 Å². The average Bonchev–Trinajstić information content (AvgIpc) is 2.97. The van der Waals surface area contributed by atoms with Crippen LogP contribution < -0.4 is 0 Å². The van der Waals surface area contributed by atoms with Crippen molar-refractivity contribution in [1.82, 2.24) is 4.90 Å². The average molecular weight is 285 g/mol. The quantitative estimate of drug-likeness (QED) is 0.731. The van der Waals surface area contributed by atoms with Gasteiger partial charge in [-0.15, -0.1) is 0 Å². The Hall–Kier alpha value is -0.650. The Bertz CT molecular complexity index is 348. The number of fused-ring (bicyclic) bond motifs is 1. The third-order valence-electron chi connectivity index (χ3n) is 5.02. The lowest BCUT2D eigenvalue weighted by molar-refractivity contribution is -0.186. The fourth-order valence-corrected chi connectivity index (χ4v) is 3.57. The number of aliphatic hydroxyl groups excluding tert-OH is 1. The smallest absolute Gasteiger partial charge is 0.341 e. The van der Waals surface area contributed by atoms with Gasteiger partial charge in [0.25, 0.3) is 0 Å². The molecule has 0 spiro atoms. The SMILES string of the molecule is CC(C)[C@](O)(C(=O)OC[C@H]1CCN2CCC[C@@H]12)[C@@H](C)O. The highest BCUT2D eigenvalue weighted by Gasteiger charge is 2.46. The first-order valence-electron chi connectivity index (χ1n) is 7.69. The van der Waals surface area contributed by atoms with Crippen molar-refractivity contribution >= 4 is 5.97 Å². The number of esters is 1. The fraction of sp³-hybridized carbons (Fsp3) is 0.933. The molecule has 0 aliphatic carbocycles. The van der Waals surface area contributed by atoms with Crippen molar-refractivity contribution in [2.45, 2.75) is 57.8 Å². The largest absolute Gasteiger partial charge is 0.463 e. The third-order valence-corrected chi connectivity index (χ3v) is 5.02. The Kier molecular flexibility index (Phi) is 4.72. The van der Waals surface area contributed by atoms with Gasteiger partial charge in [0, 0.05) is 12.0 Å². The summed E-state index contributed by atoms with van der Waals surface area (Å²) in [5, 5.41) is 20.1. The number of rotatable bonds is 5. The van der Waals surface area contributed by atoms with E-state index in [2.05, 4.69) is 4.90 Å². The zero-order valence-electron chi connectivity index (χ0n) is 12.7. The van der Waals surface area contributed by atoms with Gasteiger partial charge in [0.1, 0.15) is 0 Å². The molecule has 2 saturated heterocycles. The Labute approximate surface area is 120 Å². The van der Waals surface area contributed by atoms with Gasteiger partial charge in [0.05, 0.1) is 12.7 Å². The first-order valence-corrected chi connectivity index (χ1v) is 7.69. The van der Waals surface area contributed by atoms with Crippen molar-refractivity contribution in [3.05, 3.63) is 0 Å². The summed E-state index contributed by atoms with van der Waals surface area (Å²) in [5.41, 5.74) is -1.81. The normalized spacial score (nSPS) is 31.1. The molecule has 0 aromatic rings. The molecule has 2 N–H and O–H groups in total. The molecule has 0 radical (unpaired) electrons. The van der Waals surface area contributed by atoms with Crippen LogP contribution in [-0.4, -0.2) is 58.5 Å². The van der Waals surface area contributed by atoms with E-state index in [4.69, 9.17) is 4.74 Å². The Morgan fingerprint density at radius 1 is 1.35 bits per heavy atom. The van der Waals surface area contributed by atoms with E-state index in [-0.39, 0.29) is 5.92 Å². The number of aliphatic hydroxyl groups is 2. The monoisotopic (exact) mass is 285 g/mol. The maximum Gasteiger partial charge on any atom is 0.341 e. The summed E-state index contributed by atoms with van der Waals surface area (Å²) in [6.45, 7) is 7.43. The number of carbonyl (C=O) groups is 1. The lowest BCUT2D eigenvalue weighted by Gasteiger charge is -2.33. The standard InChI is InChI=1S/C15H27NO4/c1-10(2)15(19,11(3)17)14(18)20-9-12-6-8-16-7-4-5-13(12)16/h10-13,17,19H,4-9H2,1-3H3/t11-,12-,13+,15-/m1/s1. The maximum absolute atomic E-state index is 12.2. The van der Waals surface area contributed by atoms with Gasteiger partial charge >= 0.3 is 5.97 Å². The van der Waals surface area contributed by atoms with Gasteiger partial charge in [-0.3, -0.25) is 4.90 Å². The second-order valence-electron chi connectivity index (χ2n) is 6.55. The second-order valence-corrected chi connectivity index (χ2v) is 6.55. The first kappa shape index (κ1) is 15.7. The van der Waals surface area contributed by atoms with Crippen LogP contribution in [0.4, 0.5) is 0 Å². The van der Waals surface area contributed by atoms with E-state index in [1.54, 1.807) is 13.8 Å². The van der Waals surface area contributed by atoms with Crippen LogP contribution >= 0.6 is 0 Å². The minimum Gasteiger partial charge on any atom is -0.463 e. The molecular weight excluding hydrogens is 258 g/mol. The number of carbonyl (C=O) groups excluding carboxylic acids is 1. The van der Waals surface area contributed by atoms with Gasteiger partial charge in [-0.1, -0.05) is 13.8 Å². The molecule has 2 aliphatic heterocycles. The molecule has 116 valence electrons. The van der Waals surface area contributed by atoms with E-state index >= 15 is 0 Å². The van der Waals surface area contributed by atoms with E-state index in [9.17, 15) is 15.0 Å². The minimum atomic E-state index is -1.81. The Morgan fingerprint density at radius 3 is 2.65 bits per heavy atom. The van der Waals surface area contributed by atoms with Crippen LogP contribution in [0.2, 0.25) is 0 Å². The molecule has 2 fully saturated rings. The molecule has 5 heteroatoms. The fourth-order valence-electron chi connectivity index (χ4n) is 3.57. The molecule has 2 aliphatic rings. The molecule has 20 heavy (non-hydrogen) atoms. The summed E-state index contributed by atoms with van der Waals surface area (Å²) in [7, 11) is 0. The molecule has 0 amide bonds.